The third-order valence-corrected chi connectivity index (χ3v) is 10.4. The molecule has 0 aromatic rings. The summed E-state index contributed by atoms with van der Waals surface area (Å²) in [7, 11) is 0. The molecule has 6 heterocycles. The topological polar surface area (TPSA) is 77.6 Å². The van der Waals surface area contributed by atoms with Crippen LogP contribution in [0.3, 0.4) is 0 Å². The number of nitrogens with zero attached hydrogens (tertiary/aromatic N) is 1. The Bertz CT molecular complexity index is 516. The number of rotatable bonds is 3. The number of nitrogens with one attached hydrogen (secondary N) is 3. The van der Waals surface area contributed by atoms with E-state index in [1.165, 1.54) is 89.7 Å². The van der Waals surface area contributed by atoms with Gasteiger partial charge in [0.2, 0.25) is 0 Å². The maximum absolute atomic E-state index is 8.92. The summed E-state index contributed by atoms with van der Waals surface area (Å²) in [4.78, 5) is 6.22. The maximum Gasteiger partial charge on any atom is 0.145 e. The van der Waals surface area contributed by atoms with Crippen LogP contribution in [0.25, 0.3) is 0 Å². The van der Waals surface area contributed by atoms with Crippen molar-refractivity contribution in [2.24, 2.45) is 0 Å². The first-order valence-corrected chi connectivity index (χ1v) is 15.6. The fourth-order valence-electron chi connectivity index (χ4n) is 7.02. The molecule has 6 rings (SSSR count). The van der Waals surface area contributed by atoms with Gasteiger partial charge in [0.1, 0.15) is 50.3 Å². The van der Waals surface area contributed by atoms with Gasteiger partial charge >= 0.3 is 0 Å². The van der Waals surface area contributed by atoms with Crippen molar-refractivity contribution in [3.63, 3.8) is 0 Å². The van der Waals surface area contributed by atoms with Crippen LogP contribution in [0.5, 0.6) is 0 Å². The zero-order valence-electron chi connectivity index (χ0n) is 22.1. The molecule has 8 N–H and O–H groups in total. The molecule has 13 heteroatoms. The van der Waals surface area contributed by atoms with Crippen molar-refractivity contribution in [1.82, 2.24) is 10.2 Å². The molecule has 6 fully saturated rings. The number of quaternary nitrogens is 4. The van der Waals surface area contributed by atoms with Crippen molar-refractivity contribution in [1.29, 1.82) is 0 Å². The second kappa shape index (κ2) is 21.2. The van der Waals surface area contributed by atoms with Crippen molar-refractivity contribution >= 4 is 28.6 Å². The standard InChI is InChI=1S/C8H15BrN2.C8H16N2O.C8H16N2S.4BrH/c9-4-7-6-11-3-1-2-8(11)5-10-7;2*11-6-7-5-10-3-1-2-8(10)4-9-7;;;;/h7-8,10H,1-6H2;2*7-9,11H,1-6H2;4*1H/t7-,8-;2*7-,8+;;;;/m011..../s1. The number of fused-ring (bicyclic) bond motifs is 3. The number of hydrogen-bond acceptors (Lipinski definition) is 4. The van der Waals surface area contributed by atoms with Crippen LogP contribution >= 0.6 is 28.6 Å². The summed E-state index contributed by atoms with van der Waals surface area (Å²) < 4.78 is 0. The molecule has 37 heavy (non-hydrogen) atoms. The summed E-state index contributed by atoms with van der Waals surface area (Å²) in [6.07, 6.45) is 8.53. The molecule has 6 saturated heterocycles. The van der Waals surface area contributed by atoms with Gasteiger partial charge in [0.15, 0.2) is 0 Å². The van der Waals surface area contributed by atoms with Crippen LogP contribution in [0, 0.1) is 0 Å². The van der Waals surface area contributed by atoms with Crippen molar-refractivity contribution in [3.05, 3.63) is 0 Å². The van der Waals surface area contributed by atoms with Crippen LogP contribution in [-0.2, 0) is 0 Å². The largest absolute Gasteiger partial charge is 1.00 e. The van der Waals surface area contributed by atoms with Gasteiger partial charge in [-0.15, -0.1) is 0 Å². The Morgan fingerprint density at radius 1 is 0.892 bits per heavy atom. The summed E-state index contributed by atoms with van der Waals surface area (Å²) in [6, 6.07) is 4.70. The molecule has 8 atom stereocenters. The van der Waals surface area contributed by atoms with Gasteiger partial charge in [-0.05, 0) is 19.4 Å². The van der Waals surface area contributed by atoms with Gasteiger partial charge in [0, 0.05) is 56.6 Å². The van der Waals surface area contributed by atoms with E-state index in [1.807, 2.05) is 9.80 Å². The first-order valence-electron chi connectivity index (χ1n) is 13.8. The molecule has 0 saturated carbocycles. The molecule has 6 aliphatic heterocycles. The number of nitrogens with two attached hydrogens (primary N) is 2. The highest BCUT2D eigenvalue weighted by Gasteiger charge is 2.38. The van der Waals surface area contributed by atoms with Crippen molar-refractivity contribution in [2.75, 3.05) is 76.6 Å². The van der Waals surface area contributed by atoms with Crippen molar-refractivity contribution in [3.8, 4) is 0 Å². The minimum Gasteiger partial charge on any atom is -1.00 e. The molecule has 0 aromatic heterocycles. The lowest BCUT2D eigenvalue weighted by molar-refractivity contribution is -0.968. The lowest BCUT2D eigenvalue weighted by Crippen LogP contribution is -3.24. The van der Waals surface area contributed by atoms with E-state index in [0.29, 0.717) is 6.04 Å². The summed E-state index contributed by atoms with van der Waals surface area (Å²) in [6.45, 7) is 11.9. The van der Waals surface area contributed by atoms with E-state index >= 15 is 0 Å². The summed E-state index contributed by atoms with van der Waals surface area (Å²) in [5.41, 5.74) is 0. The zero-order chi connectivity index (χ0) is 23.0. The Labute approximate surface area is 281 Å². The van der Waals surface area contributed by atoms with Crippen LogP contribution in [0.15, 0.2) is 0 Å². The van der Waals surface area contributed by atoms with E-state index in [1.54, 1.807) is 0 Å². The Kier molecular flexibility index (Phi) is 22.6. The average molecular weight is 871 g/mol. The third-order valence-electron chi connectivity index (χ3n) is 9.06. The fraction of sp³-hybridized carbons (Fsp3) is 1.00. The number of piperazine rings is 3. The van der Waals surface area contributed by atoms with Gasteiger partial charge < -0.3 is 98.8 Å². The van der Waals surface area contributed by atoms with Gasteiger partial charge in [-0.25, -0.2) is 0 Å². The van der Waals surface area contributed by atoms with Gasteiger partial charge in [-0.1, -0.05) is 15.9 Å². The number of thiol groups is 1. The molecule has 0 amide bonds. The number of hydrogen-bond donors (Lipinski definition) is 7. The molecule has 6 aliphatic rings. The summed E-state index contributed by atoms with van der Waals surface area (Å²) >= 11 is 7.91. The predicted octanol–water partition coefficient (Wildman–Crippen LogP) is -16.3. The van der Waals surface area contributed by atoms with E-state index in [0.717, 1.165) is 49.1 Å². The molecular formula is C24H51Br5N6OS. The van der Waals surface area contributed by atoms with E-state index in [9.17, 15) is 0 Å². The van der Waals surface area contributed by atoms with Crippen LogP contribution < -0.4 is 93.7 Å². The minimum atomic E-state index is 0. The van der Waals surface area contributed by atoms with Crippen LogP contribution in [0.2, 0.25) is 0 Å². The van der Waals surface area contributed by atoms with E-state index in [4.69, 9.17) is 5.11 Å². The monoisotopic (exact) mass is 866 g/mol. The van der Waals surface area contributed by atoms with Crippen molar-refractivity contribution < 1.29 is 93.5 Å². The molecule has 224 valence electrons. The first kappa shape index (κ1) is 39.5. The third kappa shape index (κ3) is 11.9. The van der Waals surface area contributed by atoms with Gasteiger partial charge in [-0.3, -0.25) is 4.90 Å². The number of aliphatic hydroxyl groups excluding tert-OH is 1. The molecule has 0 aliphatic carbocycles. The molecule has 0 bridgehead atoms. The van der Waals surface area contributed by atoms with E-state index in [-0.39, 0.29) is 74.5 Å². The Hall–Kier alpha value is 2.47. The van der Waals surface area contributed by atoms with Gasteiger partial charge in [0.05, 0.1) is 25.0 Å². The normalized spacial score (nSPS) is 37.7. The Morgan fingerprint density at radius 3 is 2.05 bits per heavy atom. The lowest BCUT2D eigenvalue weighted by atomic mass is 10.1. The summed E-state index contributed by atoms with van der Waals surface area (Å²) in [5.74, 6) is 1.05. The van der Waals surface area contributed by atoms with Gasteiger partial charge in [-0.2, -0.15) is 12.6 Å². The average Bonchev–Trinajstić information content (AvgIpc) is 3.63. The second-order valence-electron chi connectivity index (χ2n) is 11.3. The fourth-order valence-corrected chi connectivity index (χ4v) is 7.80. The maximum atomic E-state index is 8.92. The second-order valence-corrected chi connectivity index (χ2v) is 12.3. The highest BCUT2D eigenvalue weighted by atomic mass is 79.9. The SMILES string of the molecule is BrC[C@H]1C[NH+]2CCC[C@H]2C[NH2+]1.OC[C@H]1CN2CCC[C@H]2CN1.SC[C@H]1C[NH+]2CCC[C@H]2C[NH2+]1.[Br-].[Br-].[Br-].[Br-]. The lowest BCUT2D eigenvalue weighted by Gasteiger charge is -2.35. The Balaban J connectivity index is 0.000000498. The molecule has 2 unspecified atom stereocenters. The van der Waals surface area contributed by atoms with E-state index in [2.05, 4.69) is 49.4 Å². The van der Waals surface area contributed by atoms with Crippen LogP contribution in [0.1, 0.15) is 38.5 Å². The molecule has 0 spiro atoms. The van der Waals surface area contributed by atoms with E-state index < -0.39 is 0 Å². The minimum absolute atomic E-state index is 0. The zero-order valence-corrected chi connectivity index (χ0v) is 30.9. The van der Waals surface area contributed by atoms with Gasteiger partial charge in [0.25, 0.3) is 0 Å². The Morgan fingerprint density at radius 2 is 1.49 bits per heavy atom. The molecule has 7 nitrogen and oxygen atoms in total. The highest BCUT2D eigenvalue weighted by Crippen LogP contribution is 2.19. The predicted molar refractivity (Wildman–Crippen MR) is 140 cm³/mol. The van der Waals surface area contributed by atoms with Crippen molar-refractivity contribution in [2.45, 2.75) is 74.8 Å². The quantitative estimate of drug-likeness (QED) is 0.114. The highest BCUT2D eigenvalue weighted by molar-refractivity contribution is 9.09. The smallest absolute Gasteiger partial charge is 0.145 e. The molecule has 0 radical (unpaired) electrons. The number of halogens is 5. The molecule has 0 aromatic carbocycles. The first-order chi connectivity index (χ1) is 16.2. The van der Waals surface area contributed by atoms with Crippen LogP contribution in [0.4, 0.5) is 0 Å². The summed E-state index contributed by atoms with van der Waals surface area (Å²) in [5, 5.41) is 18.5. The van der Waals surface area contributed by atoms with Crippen LogP contribution in [-0.4, -0.2) is 123 Å². The molecular weight excluding hydrogens is 820 g/mol. The number of aliphatic hydroxyl groups is 1. The number of alkyl halides is 1.